The molecule has 0 radical (unpaired) electrons. The molecule has 3 rings (SSSR count). The summed E-state index contributed by atoms with van der Waals surface area (Å²) in [5.74, 6) is 1.61. The normalized spacial score (nSPS) is 14.3. The monoisotopic (exact) mass is 341 g/mol. The second-order valence-electron chi connectivity index (χ2n) is 5.93. The number of ether oxygens (including phenoxy) is 1. The Balaban J connectivity index is 1.62. The van der Waals surface area contributed by atoms with Crippen molar-refractivity contribution < 1.29 is 9.53 Å². The summed E-state index contributed by atoms with van der Waals surface area (Å²) in [6.45, 7) is 6.98. The standard InChI is InChI=1S/C18H23N5O2/c1-3-25-18(24)23-10-8-22(9-11-23)17-12-16(19-13-20-17)21-15-6-4-14(2)5-7-15/h4-7,12-13H,3,8-11H2,1-2H3,(H,19,20,21). The SMILES string of the molecule is CCOC(=O)N1CCN(c2cc(Nc3ccc(C)cc3)ncn2)CC1. The van der Waals surface area contributed by atoms with E-state index in [0.29, 0.717) is 19.7 Å². The molecule has 2 aromatic rings. The number of amides is 1. The molecule has 0 atom stereocenters. The minimum Gasteiger partial charge on any atom is -0.450 e. The van der Waals surface area contributed by atoms with Crippen LogP contribution in [-0.4, -0.2) is 53.7 Å². The number of carbonyl (C=O) groups is 1. The topological polar surface area (TPSA) is 70.6 Å². The van der Waals surface area contributed by atoms with Crippen molar-refractivity contribution in [1.29, 1.82) is 0 Å². The van der Waals surface area contributed by atoms with Gasteiger partial charge in [-0.05, 0) is 26.0 Å². The molecule has 1 aliphatic rings. The number of hydrogen-bond acceptors (Lipinski definition) is 6. The largest absolute Gasteiger partial charge is 0.450 e. The number of rotatable bonds is 4. The highest BCUT2D eigenvalue weighted by Gasteiger charge is 2.22. The summed E-state index contributed by atoms with van der Waals surface area (Å²) in [6.07, 6.45) is 1.32. The van der Waals surface area contributed by atoms with Crippen LogP contribution in [0.3, 0.4) is 0 Å². The van der Waals surface area contributed by atoms with Gasteiger partial charge in [-0.3, -0.25) is 0 Å². The van der Waals surface area contributed by atoms with Crippen molar-refractivity contribution in [2.24, 2.45) is 0 Å². The third-order valence-corrected chi connectivity index (χ3v) is 4.11. The predicted molar refractivity (Wildman–Crippen MR) is 97.3 cm³/mol. The fraction of sp³-hybridized carbons (Fsp3) is 0.389. The number of hydrogen-bond donors (Lipinski definition) is 1. The average Bonchev–Trinajstić information content (AvgIpc) is 2.64. The summed E-state index contributed by atoms with van der Waals surface area (Å²) in [5, 5.41) is 3.29. The highest BCUT2D eigenvalue weighted by Crippen LogP contribution is 2.20. The minimum absolute atomic E-state index is 0.244. The van der Waals surface area contributed by atoms with Crippen LogP contribution < -0.4 is 10.2 Å². The van der Waals surface area contributed by atoms with Gasteiger partial charge in [0.25, 0.3) is 0 Å². The zero-order valence-corrected chi connectivity index (χ0v) is 14.6. The van der Waals surface area contributed by atoms with Crippen molar-refractivity contribution in [3.05, 3.63) is 42.2 Å². The van der Waals surface area contributed by atoms with Crippen LogP contribution in [0.2, 0.25) is 0 Å². The van der Waals surface area contributed by atoms with Gasteiger partial charge in [0.1, 0.15) is 18.0 Å². The molecule has 0 aliphatic carbocycles. The second kappa shape index (κ2) is 7.83. The van der Waals surface area contributed by atoms with Crippen LogP contribution in [-0.2, 0) is 4.74 Å². The van der Waals surface area contributed by atoms with Gasteiger partial charge in [0, 0.05) is 37.9 Å². The van der Waals surface area contributed by atoms with E-state index in [9.17, 15) is 4.79 Å². The van der Waals surface area contributed by atoms with Gasteiger partial charge < -0.3 is 19.9 Å². The van der Waals surface area contributed by atoms with E-state index >= 15 is 0 Å². The Hall–Kier alpha value is -2.83. The molecule has 0 unspecified atom stereocenters. The zero-order valence-electron chi connectivity index (χ0n) is 14.6. The van der Waals surface area contributed by atoms with Crippen molar-refractivity contribution in [1.82, 2.24) is 14.9 Å². The molecule has 132 valence electrons. The van der Waals surface area contributed by atoms with Crippen LogP contribution >= 0.6 is 0 Å². The lowest BCUT2D eigenvalue weighted by atomic mass is 10.2. The van der Waals surface area contributed by atoms with E-state index in [-0.39, 0.29) is 6.09 Å². The van der Waals surface area contributed by atoms with Gasteiger partial charge in [-0.2, -0.15) is 0 Å². The molecule has 1 N–H and O–H groups in total. The lowest BCUT2D eigenvalue weighted by Gasteiger charge is -2.34. The number of aromatic nitrogens is 2. The molecular weight excluding hydrogens is 318 g/mol. The molecule has 0 saturated carbocycles. The summed E-state index contributed by atoms with van der Waals surface area (Å²) in [7, 11) is 0. The van der Waals surface area contributed by atoms with Crippen LogP contribution in [0.5, 0.6) is 0 Å². The molecule has 1 aliphatic heterocycles. The average molecular weight is 341 g/mol. The Labute approximate surface area is 147 Å². The van der Waals surface area contributed by atoms with Gasteiger partial charge in [-0.15, -0.1) is 0 Å². The van der Waals surface area contributed by atoms with E-state index in [1.54, 1.807) is 11.2 Å². The lowest BCUT2D eigenvalue weighted by Crippen LogP contribution is -2.49. The van der Waals surface area contributed by atoms with Crippen LogP contribution in [0.15, 0.2) is 36.7 Å². The quantitative estimate of drug-likeness (QED) is 0.922. The molecule has 1 saturated heterocycles. The Kier molecular flexibility index (Phi) is 5.33. The summed E-state index contributed by atoms with van der Waals surface area (Å²) < 4.78 is 5.05. The first-order valence-corrected chi connectivity index (χ1v) is 8.48. The van der Waals surface area contributed by atoms with Gasteiger partial charge in [0.2, 0.25) is 0 Å². The molecule has 2 heterocycles. The van der Waals surface area contributed by atoms with Crippen LogP contribution in [0.25, 0.3) is 0 Å². The molecule has 1 amide bonds. The fourth-order valence-electron chi connectivity index (χ4n) is 2.71. The fourth-order valence-corrected chi connectivity index (χ4v) is 2.71. The smallest absolute Gasteiger partial charge is 0.409 e. The van der Waals surface area contributed by atoms with E-state index in [0.717, 1.165) is 30.4 Å². The Morgan fingerprint density at radius 3 is 2.56 bits per heavy atom. The minimum atomic E-state index is -0.244. The number of nitrogens with one attached hydrogen (secondary N) is 1. The van der Waals surface area contributed by atoms with Crippen molar-refractivity contribution in [2.45, 2.75) is 13.8 Å². The van der Waals surface area contributed by atoms with Gasteiger partial charge in [0.15, 0.2) is 0 Å². The molecule has 7 heteroatoms. The third kappa shape index (κ3) is 4.37. The molecule has 1 fully saturated rings. The Morgan fingerprint density at radius 2 is 1.88 bits per heavy atom. The first kappa shape index (κ1) is 17.0. The summed E-state index contributed by atoms with van der Waals surface area (Å²) >= 11 is 0. The number of aryl methyl sites for hydroxylation is 1. The van der Waals surface area contributed by atoms with Gasteiger partial charge in [0.05, 0.1) is 6.61 Å². The maximum Gasteiger partial charge on any atom is 0.409 e. The first-order valence-electron chi connectivity index (χ1n) is 8.48. The van der Waals surface area contributed by atoms with Crippen molar-refractivity contribution in [3.63, 3.8) is 0 Å². The first-order chi connectivity index (χ1) is 12.2. The van der Waals surface area contributed by atoms with E-state index in [1.807, 2.05) is 25.1 Å². The van der Waals surface area contributed by atoms with Crippen LogP contribution in [0.1, 0.15) is 12.5 Å². The third-order valence-electron chi connectivity index (χ3n) is 4.11. The number of nitrogens with zero attached hydrogens (tertiary/aromatic N) is 4. The molecule has 0 bridgehead atoms. The van der Waals surface area contributed by atoms with E-state index in [1.165, 1.54) is 5.56 Å². The molecule has 7 nitrogen and oxygen atoms in total. The number of anilines is 3. The highest BCUT2D eigenvalue weighted by atomic mass is 16.6. The molecule has 1 aromatic carbocycles. The van der Waals surface area contributed by atoms with Crippen molar-refractivity contribution >= 4 is 23.4 Å². The Morgan fingerprint density at radius 1 is 1.16 bits per heavy atom. The maximum atomic E-state index is 11.8. The number of piperazine rings is 1. The van der Waals surface area contributed by atoms with E-state index in [4.69, 9.17) is 4.74 Å². The van der Waals surface area contributed by atoms with Crippen LogP contribution in [0.4, 0.5) is 22.1 Å². The number of carbonyl (C=O) groups excluding carboxylic acids is 1. The second-order valence-corrected chi connectivity index (χ2v) is 5.93. The molecular formula is C18H23N5O2. The maximum absolute atomic E-state index is 11.8. The summed E-state index contributed by atoms with van der Waals surface area (Å²) in [4.78, 5) is 24.3. The predicted octanol–water partition coefficient (Wildman–Crippen LogP) is 2.81. The molecule has 0 spiro atoms. The van der Waals surface area contributed by atoms with Crippen molar-refractivity contribution in [2.75, 3.05) is 43.0 Å². The summed E-state index contributed by atoms with van der Waals surface area (Å²) in [5.41, 5.74) is 2.20. The lowest BCUT2D eigenvalue weighted by molar-refractivity contribution is 0.105. The van der Waals surface area contributed by atoms with E-state index in [2.05, 4.69) is 39.2 Å². The Bertz CT molecular complexity index is 712. The number of benzene rings is 1. The molecule has 25 heavy (non-hydrogen) atoms. The zero-order chi connectivity index (χ0) is 17.6. The highest BCUT2D eigenvalue weighted by molar-refractivity contribution is 5.68. The van der Waals surface area contributed by atoms with Crippen LogP contribution in [0, 0.1) is 6.92 Å². The van der Waals surface area contributed by atoms with Gasteiger partial charge in [-0.25, -0.2) is 14.8 Å². The van der Waals surface area contributed by atoms with E-state index < -0.39 is 0 Å². The van der Waals surface area contributed by atoms with Gasteiger partial charge in [-0.1, -0.05) is 17.7 Å². The summed E-state index contributed by atoms with van der Waals surface area (Å²) in [6, 6.07) is 10.1. The van der Waals surface area contributed by atoms with Crippen molar-refractivity contribution in [3.8, 4) is 0 Å². The van der Waals surface area contributed by atoms with Gasteiger partial charge >= 0.3 is 6.09 Å². The molecule has 1 aromatic heterocycles.